The van der Waals surface area contributed by atoms with Gasteiger partial charge in [-0.3, -0.25) is 0 Å². The van der Waals surface area contributed by atoms with Crippen molar-refractivity contribution in [2.45, 2.75) is 19.3 Å². The summed E-state index contributed by atoms with van der Waals surface area (Å²) in [5.41, 5.74) is 6.36. The summed E-state index contributed by atoms with van der Waals surface area (Å²) in [6.07, 6.45) is -4.40. The zero-order chi connectivity index (χ0) is 15.5. The van der Waals surface area contributed by atoms with E-state index in [-0.39, 0.29) is 12.2 Å². The van der Waals surface area contributed by atoms with Gasteiger partial charge in [0.05, 0.1) is 5.56 Å². The fraction of sp³-hybridized carbons (Fsp3) is 0.250. The molecule has 0 aromatic heterocycles. The molecule has 0 spiro atoms. The molecule has 0 saturated carbocycles. The van der Waals surface area contributed by atoms with E-state index in [0.29, 0.717) is 12.1 Å². The Morgan fingerprint density at radius 1 is 1.00 bits per heavy atom. The number of benzene rings is 2. The maximum absolute atomic E-state index is 13.2. The highest BCUT2D eigenvalue weighted by Crippen LogP contribution is 2.37. The van der Waals surface area contributed by atoms with Gasteiger partial charge in [0.15, 0.2) is 0 Å². The third-order valence-corrected chi connectivity index (χ3v) is 3.28. The minimum atomic E-state index is -4.40. The monoisotopic (exact) mass is 294 g/mol. The number of halogens is 3. The second kappa shape index (κ2) is 6.18. The number of rotatable bonds is 4. The van der Waals surface area contributed by atoms with Crippen molar-refractivity contribution in [2.75, 3.05) is 11.9 Å². The molecule has 0 radical (unpaired) electrons. The van der Waals surface area contributed by atoms with E-state index >= 15 is 0 Å². The van der Waals surface area contributed by atoms with E-state index in [2.05, 4.69) is 0 Å². The normalized spacial score (nSPS) is 11.5. The Labute approximate surface area is 122 Å². The van der Waals surface area contributed by atoms with Gasteiger partial charge < -0.3 is 10.6 Å². The largest absolute Gasteiger partial charge is 0.418 e. The number of hydrogen-bond acceptors (Lipinski definition) is 2. The van der Waals surface area contributed by atoms with E-state index in [1.165, 1.54) is 6.07 Å². The molecule has 0 saturated heterocycles. The van der Waals surface area contributed by atoms with Crippen molar-refractivity contribution in [3.8, 4) is 0 Å². The molecule has 0 amide bonds. The fourth-order valence-electron chi connectivity index (χ4n) is 2.21. The number of hydrogen-bond donors (Lipinski definition) is 1. The second-order valence-corrected chi connectivity index (χ2v) is 4.90. The first-order chi connectivity index (χ1) is 9.91. The van der Waals surface area contributed by atoms with Gasteiger partial charge in [0.1, 0.15) is 0 Å². The van der Waals surface area contributed by atoms with E-state index in [9.17, 15) is 13.2 Å². The van der Waals surface area contributed by atoms with Crippen molar-refractivity contribution in [1.82, 2.24) is 0 Å². The Bertz CT molecular complexity index is 594. The van der Waals surface area contributed by atoms with E-state index < -0.39 is 11.7 Å². The maximum atomic E-state index is 13.2. The molecule has 0 heterocycles. The van der Waals surface area contributed by atoms with Crippen molar-refractivity contribution in [3.63, 3.8) is 0 Å². The van der Waals surface area contributed by atoms with Crippen molar-refractivity contribution in [1.29, 1.82) is 0 Å². The quantitative estimate of drug-likeness (QED) is 0.929. The standard InChI is InChI=1S/C16H17F3N2/c1-21(11-12-5-3-2-4-6-12)15-8-7-13(10-20)9-14(15)16(17,18)19/h2-9H,10-11,20H2,1H3. The molecule has 0 unspecified atom stereocenters. The first-order valence-corrected chi connectivity index (χ1v) is 6.57. The molecule has 0 atom stereocenters. The maximum Gasteiger partial charge on any atom is 0.418 e. The summed E-state index contributed by atoms with van der Waals surface area (Å²) >= 11 is 0. The van der Waals surface area contributed by atoms with Crippen LogP contribution in [0.3, 0.4) is 0 Å². The van der Waals surface area contributed by atoms with E-state index in [0.717, 1.165) is 11.6 Å². The molecule has 0 aliphatic rings. The van der Waals surface area contributed by atoms with Gasteiger partial charge in [-0.2, -0.15) is 13.2 Å². The zero-order valence-corrected chi connectivity index (χ0v) is 11.7. The van der Waals surface area contributed by atoms with Crippen LogP contribution in [0.15, 0.2) is 48.5 Å². The number of nitrogens with zero attached hydrogens (tertiary/aromatic N) is 1. The lowest BCUT2D eigenvalue weighted by Gasteiger charge is -2.24. The van der Waals surface area contributed by atoms with Gasteiger partial charge in [-0.05, 0) is 23.3 Å². The molecule has 112 valence electrons. The van der Waals surface area contributed by atoms with Crippen LogP contribution in [0.25, 0.3) is 0 Å². The Morgan fingerprint density at radius 2 is 1.67 bits per heavy atom. The summed E-state index contributed by atoms with van der Waals surface area (Å²) in [4.78, 5) is 1.60. The Balaban J connectivity index is 2.34. The number of nitrogens with two attached hydrogens (primary N) is 1. The van der Waals surface area contributed by atoms with Crippen LogP contribution in [0.5, 0.6) is 0 Å². The van der Waals surface area contributed by atoms with Gasteiger partial charge in [0.25, 0.3) is 0 Å². The van der Waals surface area contributed by atoms with Crippen LogP contribution in [-0.2, 0) is 19.3 Å². The third kappa shape index (κ3) is 3.76. The topological polar surface area (TPSA) is 29.3 Å². The third-order valence-electron chi connectivity index (χ3n) is 3.28. The van der Waals surface area contributed by atoms with Crippen LogP contribution in [0.4, 0.5) is 18.9 Å². The van der Waals surface area contributed by atoms with Gasteiger partial charge in [-0.1, -0.05) is 36.4 Å². The molecular formula is C16H17F3N2. The van der Waals surface area contributed by atoms with Crippen LogP contribution in [0, 0.1) is 0 Å². The molecule has 0 bridgehead atoms. The second-order valence-electron chi connectivity index (χ2n) is 4.90. The SMILES string of the molecule is CN(Cc1ccccc1)c1ccc(CN)cc1C(F)(F)F. The van der Waals surface area contributed by atoms with E-state index in [4.69, 9.17) is 5.73 Å². The summed E-state index contributed by atoms with van der Waals surface area (Å²) in [5.74, 6) is 0. The number of anilines is 1. The first kappa shape index (κ1) is 15.4. The summed E-state index contributed by atoms with van der Waals surface area (Å²) in [6.45, 7) is 0.498. The lowest BCUT2D eigenvalue weighted by molar-refractivity contribution is -0.137. The van der Waals surface area contributed by atoms with Crippen LogP contribution >= 0.6 is 0 Å². The molecule has 2 aromatic carbocycles. The summed E-state index contributed by atoms with van der Waals surface area (Å²) in [6, 6.07) is 13.6. The van der Waals surface area contributed by atoms with Gasteiger partial charge in [-0.25, -0.2) is 0 Å². The smallest absolute Gasteiger partial charge is 0.370 e. The average Bonchev–Trinajstić information content (AvgIpc) is 2.46. The molecular weight excluding hydrogens is 277 g/mol. The van der Waals surface area contributed by atoms with Crippen LogP contribution in [-0.4, -0.2) is 7.05 Å². The van der Waals surface area contributed by atoms with Crippen LogP contribution < -0.4 is 10.6 Å². The van der Waals surface area contributed by atoms with Crippen molar-refractivity contribution >= 4 is 5.69 Å². The molecule has 0 aliphatic heterocycles. The Hall–Kier alpha value is -2.01. The molecule has 2 aromatic rings. The molecule has 2 rings (SSSR count). The summed E-state index contributed by atoms with van der Waals surface area (Å²) in [5, 5.41) is 0. The predicted molar refractivity (Wildman–Crippen MR) is 77.9 cm³/mol. The summed E-state index contributed by atoms with van der Waals surface area (Å²) < 4.78 is 39.6. The fourth-order valence-corrected chi connectivity index (χ4v) is 2.21. The summed E-state index contributed by atoms with van der Waals surface area (Å²) in [7, 11) is 1.65. The van der Waals surface area contributed by atoms with Crippen molar-refractivity contribution in [3.05, 3.63) is 65.2 Å². The highest BCUT2D eigenvalue weighted by Gasteiger charge is 2.34. The van der Waals surface area contributed by atoms with Crippen LogP contribution in [0.2, 0.25) is 0 Å². The van der Waals surface area contributed by atoms with Gasteiger partial charge in [0, 0.05) is 25.8 Å². The average molecular weight is 294 g/mol. The van der Waals surface area contributed by atoms with Crippen molar-refractivity contribution < 1.29 is 13.2 Å². The lowest BCUT2D eigenvalue weighted by Crippen LogP contribution is -2.21. The minimum Gasteiger partial charge on any atom is -0.370 e. The van der Waals surface area contributed by atoms with Gasteiger partial charge in [0.2, 0.25) is 0 Å². The molecule has 2 N–H and O–H groups in total. The first-order valence-electron chi connectivity index (χ1n) is 6.57. The van der Waals surface area contributed by atoms with E-state index in [1.807, 2.05) is 30.3 Å². The minimum absolute atomic E-state index is 0.0890. The predicted octanol–water partition coefficient (Wildman–Crippen LogP) is 3.80. The van der Waals surface area contributed by atoms with Gasteiger partial charge >= 0.3 is 6.18 Å². The van der Waals surface area contributed by atoms with Crippen LogP contribution in [0.1, 0.15) is 16.7 Å². The molecule has 2 nitrogen and oxygen atoms in total. The van der Waals surface area contributed by atoms with Gasteiger partial charge in [-0.15, -0.1) is 0 Å². The Morgan fingerprint density at radius 3 is 2.24 bits per heavy atom. The molecule has 0 fully saturated rings. The van der Waals surface area contributed by atoms with Crippen molar-refractivity contribution in [2.24, 2.45) is 5.73 Å². The molecule has 21 heavy (non-hydrogen) atoms. The highest BCUT2D eigenvalue weighted by molar-refractivity contribution is 5.56. The molecule has 0 aliphatic carbocycles. The highest BCUT2D eigenvalue weighted by atomic mass is 19.4. The lowest BCUT2D eigenvalue weighted by atomic mass is 10.1. The number of alkyl halides is 3. The zero-order valence-electron chi connectivity index (χ0n) is 11.7. The Kier molecular flexibility index (Phi) is 4.53. The molecule has 5 heteroatoms. The van der Waals surface area contributed by atoms with E-state index in [1.54, 1.807) is 18.0 Å².